The number of aryl methyl sites for hydroxylation is 2. The van der Waals surface area contributed by atoms with Crippen molar-refractivity contribution >= 4 is 11.6 Å². The Kier molecular flexibility index (Phi) is 4.65. The Labute approximate surface area is 114 Å². The van der Waals surface area contributed by atoms with E-state index in [0.29, 0.717) is 6.04 Å². The van der Waals surface area contributed by atoms with Crippen LogP contribution in [0.15, 0.2) is 0 Å². The molecule has 0 saturated heterocycles. The van der Waals surface area contributed by atoms with Gasteiger partial charge in [-0.1, -0.05) is 31.4 Å². The molecule has 1 saturated carbocycles. The first-order valence-corrected chi connectivity index (χ1v) is 7.27. The van der Waals surface area contributed by atoms with Gasteiger partial charge in [-0.3, -0.25) is 16.0 Å². The summed E-state index contributed by atoms with van der Waals surface area (Å²) in [6, 6.07) is 0.307. The SMILES string of the molecule is CCc1nn(CC)c(CC(CC2CC2)NN)c1Cl. The first-order valence-electron chi connectivity index (χ1n) is 6.89. The van der Waals surface area contributed by atoms with Crippen molar-refractivity contribution in [1.29, 1.82) is 0 Å². The molecule has 0 bridgehead atoms. The third-order valence-corrected chi connectivity index (χ3v) is 4.12. The maximum atomic E-state index is 6.41. The van der Waals surface area contributed by atoms with Crippen LogP contribution in [0.5, 0.6) is 0 Å². The monoisotopic (exact) mass is 270 g/mol. The number of hydrazine groups is 1. The molecule has 1 fully saturated rings. The highest BCUT2D eigenvalue weighted by Gasteiger charge is 2.26. The number of aromatic nitrogens is 2. The number of nitrogens with two attached hydrogens (primary N) is 1. The number of hydrogen-bond acceptors (Lipinski definition) is 3. The minimum absolute atomic E-state index is 0.307. The molecular formula is C13H23ClN4. The summed E-state index contributed by atoms with van der Waals surface area (Å²) in [6.45, 7) is 5.04. The molecule has 0 aliphatic heterocycles. The summed E-state index contributed by atoms with van der Waals surface area (Å²) < 4.78 is 2.01. The molecule has 5 heteroatoms. The molecule has 0 amide bonds. The van der Waals surface area contributed by atoms with Crippen LogP contribution in [0, 0.1) is 5.92 Å². The number of nitrogens with zero attached hydrogens (tertiary/aromatic N) is 2. The zero-order valence-electron chi connectivity index (χ0n) is 11.2. The Morgan fingerprint density at radius 1 is 1.50 bits per heavy atom. The van der Waals surface area contributed by atoms with Crippen LogP contribution in [0.4, 0.5) is 0 Å². The van der Waals surface area contributed by atoms with Gasteiger partial charge in [0.05, 0.1) is 16.4 Å². The van der Waals surface area contributed by atoms with Crippen molar-refractivity contribution in [2.24, 2.45) is 11.8 Å². The van der Waals surface area contributed by atoms with Crippen LogP contribution in [0.3, 0.4) is 0 Å². The van der Waals surface area contributed by atoms with Crippen molar-refractivity contribution in [3.05, 3.63) is 16.4 Å². The van der Waals surface area contributed by atoms with E-state index in [1.807, 2.05) is 4.68 Å². The molecule has 1 aromatic rings. The highest BCUT2D eigenvalue weighted by molar-refractivity contribution is 6.31. The van der Waals surface area contributed by atoms with Crippen LogP contribution >= 0.6 is 11.6 Å². The molecule has 4 nitrogen and oxygen atoms in total. The smallest absolute Gasteiger partial charge is 0.0850 e. The van der Waals surface area contributed by atoms with Gasteiger partial charge >= 0.3 is 0 Å². The van der Waals surface area contributed by atoms with Gasteiger partial charge in [0, 0.05) is 19.0 Å². The van der Waals surface area contributed by atoms with Gasteiger partial charge in [0.1, 0.15) is 0 Å². The number of halogens is 1. The van der Waals surface area contributed by atoms with Gasteiger partial charge in [0.15, 0.2) is 0 Å². The highest BCUT2D eigenvalue weighted by Crippen LogP contribution is 2.34. The molecule has 18 heavy (non-hydrogen) atoms. The van der Waals surface area contributed by atoms with Crippen molar-refractivity contribution in [3.8, 4) is 0 Å². The van der Waals surface area contributed by atoms with E-state index >= 15 is 0 Å². The summed E-state index contributed by atoms with van der Waals surface area (Å²) in [5.74, 6) is 6.51. The quantitative estimate of drug-likeness (QED) is 0.590. The number of rotatable bonds is 7. The third-order valence-electron chi connectivity index (χ3n) is 3.68. The van der Waals surface area contributed by atoms with Crippen molar-refractivity contribution in [2.75, 3.05) is 0 Å². The molecule has 1 atom stereocenters. The molecule has 3 N–H and O–H groups in total. The Morgan fingerprint density at radius 3 is 2.72 bits per heavy atom. The van der Waals surface area contributed by atoms with Gasteiger partial charge in [-0.25, -0.2) is 0 Å². The van der Waals surface area contributed by atoms with E-state index in [1.165, 1.54) is 12.8 Å². The van der Waals surface area contributed by atoms with Crippen LogP contribution in [-0.2, 0) is 19.4 Å². The van der Waals surface area contributed by atoms with Crippen molar-refractivity contribution < 1.29 is 0 Å². The second-order valence-corrected chi connectivity index (χ2v) is 5.50. The van der Waals surface area contributed by atoms with Crippen LogP contribution < -0.4 is 11.3 Å². The second kappa shape index (κ2) is 6.04. The molecule has 1 aromatic heterocycles. The highest BCUT2D eigenvalue weighted by atomic mass is 35.5. The molecule has 1 aliphatic carbocycles. The maximum Gasteiger partial charge on any atom is 0.0850 e. The zero-order valence-corrected chi connectivity index (χ0v) is 12.0. The van der Waals surface area contributed by atoms with E-state index in [-0.39, 0.29) is 0 Å². The lowest BCUT2D eigenvalue weighted by Crippen LogP contribution is -2.37. The topological polar surface area (TPSA) is 55.9 Å². The fourth-order valence-electron chi connectivity index (χ4n) is 2.41. The molecule has 2 rings (SSSR count). The first-order chi connectivity index (χ1) is 8.69. The fourth-order valence-corrected chi connectivity index (χ4v) is 2.76. The Morgan fingerprint density at radius 2 is 2.22 bits per heavy atom. The standard InChI is InChI=1S/C13H23ClN4/c1-3-11-13(14)12(18(4-2)17-11)8-10(16-15)7-9-5-6-9/h9-10,16H,3-8,15H2,1-2H3. The van der Waals surface area contributed by atoms with Gasteiger partial charge in [0.2, 0.25) is 0 Å². The minimum Gasteiger partial charge on any atom is -0.271 e. The number of hydrogen-bond donors (Lipinski definition) is 2. The van der Waals surface area contributed by atoms with Crippen molar-refractivity contribution in [3.63, 3.8) is 0 Å². The molecule has 0 radical (unpaired) electrons. The van der Waals surface area contributed by atoms with Crippen LogP contribution in [0.25, 0.3) is 0 Å². The normalized spacial score (nSPS) is 17.1. The van der Waals surface area contributed by atoms with Gasteiger partial charge in [0.25, 0.3) is 0 Å². The Balaban J connectivity index is 2.12. The molecule has 102 valence electrons. The van der Waals surface area contributed by atoms with E-state index in [1.54, 1.807) is 0 Å². The molecule has 0 aromatic carbocycles. The van der Waals surface area contributed by atoms with Gasteiger partial charge in [-0.05, 0) is 25.7 Å². The van der Waals surface area contributed by atoms with Gasteiger partial charge in [-0.2, -0.15) is 5.10 Å². The second-order valence-electron chi connectivity index (χ2n) is 5.12. The summed E-state index contributed by atoms with van der Waals surface area (Å²) in [6.07, 6.45) is 5.58. The third kappa shape index (κ3) is 3.05. The van der Waals surface area contributed by atoms with Crippen molar-refractivity contribution in [1.82, 2.24) is 15.2 Å². The lowest BCUT2D eigenvalue weighted by molar-refractivity contribution is 0.450. The molecule has 1 aliphatic rings. The zero-order chi connectivity index (χ0) is 13.1. The summed E-state index contributed by atoms with van der Waals surface area (Å²) in [5.41, 5.74) is 5.05. The molecule has 1 unspecified atom stereocenters. The average molecular weight is 271 g/mol. The molecule has 1 heterocycles. The minimum atomic E-state index is 0.307. The lowest BCUT2D eigenvalue weighted by atomic mass is 10.1. The van der Waals surface area contributed by atoms with Crippen LogP contribution in [0.1, 0.15) is 44.5 Å². The van der Waals surface area contributed by atoms with E-state index in [0.717, 1.165) is 48.1 Å². The summed E-state index contributed by atoms with van der Waals surface area (Å²) in [7, 11) is 0. The van der Waals surface area contributed by atoms with Gasteiger partial charge < -0.3 is 0 Å². The van der Waals surface area contributed by atoms with Crippen LogP contribution in [0.2, 0.25) is 5.02 Å². The van der Waals surface area contributed by atoms with E-state index < -0.39 is 0 Å². The molecule has 0 spiro atoms. The fraction of sp³-hybridized carbons (Fsp3) is 0.769. The lowest BCUT2D eigenvalue weighted by Gasteiger charge is -2.16. The van der Waals surface area contributed by atoms with Gasteiger partial charge in [-0.15, -0.1) is 0 Å². The van der Waals surface area contributed by atoms with E-state index in [9.17, 15) is 0 Å². The Hall–Kier alpha value is -0.580. The predicted octanol–water partition coefficient (Wildman–Crippen LogP) is 2.29. The van der Waals surface area contributed by atoms with E-state index in [4.69, 9.17) is 17.4 Å². The predicted molar refractivity (Wildman–Crippen MR) is 74.4 cm³/mol. The summed E-state index contributed by atoms with van der Waals surface area (Å²) in [4.78, 5) is 0. The average Bonchev–Trinajstić information content (AvgIpc) is 3.14. The summed E-state index contributed by atoms with van der Waals surface area (Å²) >= 11 is 6.41. The number of nitrogens with one attached hydrogen (secondary N) is 1. The van der Waals surface area contributed by atoms with Crippen molar-refractivity contribution in [2.45, 2.75) is 58.5 Å². The first kappa shape index (κ1) is 13.8. The largest absolute Gasteiger partial charge is 0.271 e. The maximum absolute atomic E-state index is 6.41. The summed E-state index contributed by atoms with van der Waals surface area (Å²) in [5, 5.41) is 5.37. The Bertz CT molecular complexity index is 398. The molecular weight excluding hydrogens is 248 g/mol. The van der Waals surface area contributed by atoms with Crippen LogP contribution in [-0.4, -0.2) is 15.8 Å². The van der Waals surface area contributed by atoms with E-state index in [2.05, 4.69) is 24.4 Å².